The zero-order valence-electron chi connectivity index (χ0n) is 11.0. The summed E-state index contributed by atoms with van der Waals surface area (Å²) in [5, 5.41) is 12.5. The molecular weight excluding hydrogens is 322 g/mol. The standard InChI is InChI=1S/C13H12BrN5O/c1-8-10(14)7-19(18-8)9(2)12-16-17-13(20-12)11-5-3-4-6-15-11/h3-7,9H,1-2H3. The summed E-state index contributed by atoms with van der Waals surface area (Å²) in [5.74, 6) is 0.913. The molecule has 102 valence electrons. The Balaban J connectivity index is 1.90. The van der Waals surface area contributed by atoms with E-state index in [1.165, 1.54) is 0 Å². The second-order valence-corrected chi connectivity index (χ2v) is 5.23. The SMILES string of the molecule is Cc1nn(C(C)c2nnc(-c3ccccn3)o2)cc1Br. The summed E-state index contributed by atoms with van der Waals surface area (Å²) < 4.78 is 8.41. The number of aryl methyl sites for hydroxylation is 1. The van der Waals surface area contributed by atoms with Crippen molar-refractivity contribution in [1.29, 1.82) is 0 Å². The van der Waals surface area contributed by atoms with E-state index in [9.17, 15) is 0 Å². The monoisotopic (exact) mass is 333 g/mol. The molecule has 1 unspecified atom stereocenters. The van der Waals surface area contributed by atoms with E-state index in [0.717, 1.165) is 10.2 Å². The van der Waals surface area contributed by atoms with Crippen LogP contribution in [-0.2, 0) is 0 Å². The molecule has 3 aromatic heterocycles. The molecule has 0 aliphatic rings. The Hall–Kier alpha value is -2.02. The molecule has 7 heteroatoms. The van der Waals surface area contributed by atoms with E-state index < -0.39 is 0 Å². The minimum absolute atomic E-state index is 0.134. The first-order valence-electron chi connectivity index (χ1n) is 6.11. The number of rotatable bonds is 3. The molecule has 1 atom stereocenters. The molecule has 0 aliphatic heterocycles. The maximum Gasteiger partial charge on any atom is 0.266 e. The summed E-state index contributed by atoms with van der Waals surface area (Å²) in [4.78, 5) is 4.19. The Kier molecular flexibility index (Phi) is 3.35. The summed E-state index contributed by atoms with van der Waals surface area (Å²) in [6, 6.07) is 5.41. The lowest BCUT2D eigenvalue weighted by molar-refractivity contribution is 0.415. The number of hydrogen-bond donors (Lipinski definition) is 0. The number of pyridine rings is 1. The summed E-state index contributed by atoms with van der Waals surface area (Å²) in [6.07, 6.45) is 3.58. The fourth-order valence-corrected chi connectivity index (χ4v) is 2.06. The Morgan fingerprint density at radius 1 is 1.30 bits per heavy atom. The lowest BCUT2D eigenvalue weighted by Gasteiger charge is -2.06. The Morgan fingerprint density at radius 3 is 2.80 bits per heavy atom. The maximum absolute atomic E-state index is 5.67. The number of nitrogens with zero attached hydrogens (tertiary/aromatic N) is 5. The van der Waals surface area contributed by atoms with Crippen LogP contribution in [0, 0.1) is 6.92 Å². The highest BCUT2D eigenvalue weighted by atomic mass is 79.9. The van der Waals surface area contributed by atoms with Crippen LogP contribution in [0.3, 0.4) is 0 Å². The van der Waals surface area contributed by atoms with E-state index in [1.54, 1.807) is 10.9 Å². The van der Waals surface area contributed by atoms with Crippen molar-refractivity contribution in [3.63, 3.8) is 0 Å². The minimum atomic E-state index is -0.134. The van der Waals surface area contributed by atoms with Crippen LogP contribution in [0.1, 0.15) is 24.6 Å². The van der Waals surface area contributed by atoms with E-state index in [-0.39, 0.29) is 6.04 Å². The zero-order valence-corrected chi connectivity index (χ0v) is 12.6. The molecule has 0 saturated heterocycles. The zero-order chi connectivity index (χ0) is 14.1. The average Bonchev–Trinajstić information content (AvgIpc) is 3.07. The van der Waals surface area contributed by atoms with Crippen LogP contribution in [0.15, 0.2) is 39.5 Å². The second kappa shape index (κ2) is 5.16. The van der Waals surface area contributed by atoms with Crippen molar-refractivity contribution in [2.45, 2.75) is 19.9 Å². The van der Waals surface area contributed by atoms with Crippen LogP contribution in [0.4, 0.5) is 0 Å². The van der Waals surface area contributed by atoms with Gasteiger partial charge in [-0.25, -0.2) is 0 Å². The Bertz CT molecular complexity index is 702. The third kappa shape index (κ3) is 2.36. The summed E-state index contributed by atoms with van der Waals surface area (Å²) in [7, 11) is 0. The number of halogens is 1. The largest absolute Gasteiger partial charge is 0.417 e. The van der Waals surface area contributed by atoms with Crippen LogP contribution >= 0.6 is 15.9 Å². The average molecular weight is 334 g/mol. The highest BCUT2D eigenvalue weighted by molar-refractivity contribution is 9.10. The van der Waals surface area contributed by atoms with Gasteiger partial charge in [0.15, 0.2) is 0 Å². The lowest BCUT2D eigenvalue weighted by atomic mass is 10.3. The Morgan fingerprint density at radius 2 is 2.15 bits per heavy atom. The molecule has 3 aromatic rings. The molecule has 20 heavy (non-hydrogen) atoms. The minimum Gasteiger partial charge on any atom is -0.417 e. The van der Waals surface area contributed by atoms with Gasteiger partial charge in [0.1, 0.15) is 11.7 Å². The molecule has 0 bridgehead atoms. The highest BCUT2D eigenvalue weighted by Crippen LogP contribution is 2.23. The first kappa shape index (κ1) is 13.0. The van der Waals surface area contributed by atoms with Crippen molar-refractivity contribution in [1.82, 2.24) is 25.0 Å². The summed E-state index contributed by atoms with van der Waals surface area (Å²) in [6.45, 7) is 3.88. The molecule has 0 aromatic carbocycles. The molecule has 0 saturated carbocycles. The van der Waals surface area contributed by atoms with Crippen LogP contribution in [0.5, 0.6) is 0 Å². The van der Waals surface area contributed by atoms with Gasteiger partial charge in [-0.1, -0.05) is 6.07 Å². The maximum atomic E-state index is 5.67. The first-order chi connectivity index (χ1) is 9.65. The van der Waals surface area contributed by atoms with Crippen LogP contribution < -0.4 is 0 Å². The number of aromatic nitrogens is 5. The predicted molar refractivity (Wildman–Crippen MR) is 76.0 cm³/mol. The van der Waals surface area contributed by atoms with E-state index >= 15 is 0 Å². The third-order valence-electron chi connectivity index (χ3n) is 2.94. The van der Waals surface area contributed by atoms with Gasteiger partial charge in [-0.2, -0.15) is 5.10 Å². The van der Waals surface area contributed by atoms with Crippen LogP contribution in [0.2, 0.25) is 0 Å². The fraction of sp³-hybridized carbons (Fsp3) is 0.231. The molecule has 0 spiro atoms. The molecule has 0 radical (unpaired) electrons. The van der Waals surface area contributed by atoms with Gasteiger partial charge in [-0.3, -0.25) is 9.67 Å². The fourth-order valence-electron chi connectivity index (χ4n) is 1.77. The second-order valence-electron chi connectivity index (χ2n) is 4.38. The van der Waals surface area contributed by atoms with Gasteiger partial charge in [-0.05, 0) is 41.9 Å². The van der Waals surface area contributed by atoms with Crippen molar-refractivity contribution in [2.24, 2.45) is 0 Å². The van der Waals surface area contributed by atoms with E-state index in [1.807, 2.05) is 38.2 Å². The molecule has 0 aliphatic carbocycles. The van der Waals surface area contributed by atoms with Crippen LogP contribution in [0.25, 0.3) is 11.6 Å². The lowest BCUT2D eigenvalue weighted by Crippen LogP contribution is -2.07. The van der Waals surface area contributed by atoms with Crippen LogP contribution in [-0.4, -0.2) is 25.0 Å². The third-order valence-corrected chi connectivity index (χ3v) is 3.71. The molecule has 3 rings (SSSR count). The molecule has 6 nitrogen and oxygen atoms in total. The number of hydrogen-bond acceptors (Lipinski definition) is 5. The van der Waals surface area contributed by atoms with E-state index in [0.29, 0.717) is 17.5 Å². The van der Waals surface area contributed by atoms with Gasteiger partial charge in [0, 0.05) is 12.4 Å². The molecule has 0 N–H and O–H groups in total. The van der Waals surface area contributed by atoms with E-state index in [2.05, 4.69) is 36.2 Å². The van der Waals surface area contributed by atoms with Crippen molar-refractivity contribution >= 4 is 15.9 Å². The van der Waals surface area contributed by atoms with Gasteiger partial charge in [0.05, 0.1) is 10.2 Å². The summed E-state index contributed by atoms with van der Waals surface area (Å²) in [5.41, 5.74) is 1.58. The van der Waals surface area contributed by atoms with Gasteiger partial charge >= 0.3 is 0 Å². The topological polar surface area (TPSA) is 69.6 Å². The van der Waals surface area contributed by atoms with Gasteiger partial charge in [-0.15, -0.1) is 10.2 Å². The molecule has 3 heterocycles. The van der Waals surface area contributed by atoms with Gasteiger partial charge in [0.25, 0.3) is 5.89 Å². The van der Waals surface area contributed by atoms with E-state index in [4.69, 9.17) is 4.42 Å². The highest BCUT2D eigenvalue weighted by Gasteiger charge is 2.18. The molecular formula is C13H12BrN5O. The first-order valence-corrected chi connectivity index (χ1v) is 6.90. The van der Waals surface area contributed by atoms with Gasteiger partial charge < -0.3 is 4.42 Å². The molecule has 0 fully saturated rings. The Labute approximate surface area is 124 Å². The molecule has 0 amide bonds. The van der Waals surface area contributed by atoms with Crippen molar-refractivity contribution < 1.29 is 4.42 Å². The smallest absolute Gasteiger partial charge is 0.266 e. The van der Waals surface area contributed by atoms with Gasteiger partial charge in [0.2, 0.25) is 5.89 Å². The summed E-state index contributed by atoms with van der Waals surface area (Å²) >= 11 is 3.44. The van der Waals surface area contributed by atoms with Crippen molar-refractivity contribution in [2.75, 3.05) is 0 Å². The normalized spacial score (nSPS) is 12.6. The quantitative estimate of drug-likeness (QED) is 0.736. The predicted octanol–water partition coefficient (Wildman–Crippen LogP) is 3.01. The van der Waals surface area contributed by atoms with Crippen molar-refractivity contribution in [3.05, 3.63) is 46.7 Å². The van der Waals surface area contributed by atoms with Crippen molar-refractivity contribution in [3.8, 4) is 11.6 Å².